The molecule has 1 amide bonds. The highest BCUT2D eigenvalue weighted by Crippen LogP contribution is 2.29. The minimum atomic E-state index is -0.535. The lowest BCUT2D eigenvalue weighted by molar-refractivity contribution is 0.0498. The van der Waals surface area contributed by atoms with Crippen LogP contribution in [-0.4, -0.2) is 24.3 Å². The van der Waals surface area contributed by atoms with E-state index in [9.17, 15) is 4.79 Å². The number of carbonyl (C=O) groups is 1. The van der Waals surface area contributed by atoms with Gasteiger partial charge < -0.3 is 15.8 Å². The van der Waals surface area contributed by atoms with Gasteiger partial charge in [-0.25, -0.2) is 4.79 Å². The highest BCUT2D eigenvalue weighted by molar-refractivity contribution is 5.68. The summed E-state index contributed by atoms with van der Waals surface area (Å²) < 4.78 is 5.45. The van der Waals surface area contributed by atoms with Crippen LogP contribution in [0.3, 0.4) is 0 Å². The molecular weight excluding hydrogens is 312 g/mol. The van der Waals surface area contributed by atoms with Gasteiger partial charge in [-0.05, 0) is 44.9 Å². The van der Waals surface area contributed by atoms with E-state index in [1.807, 2.05) is 57.2 Å². The number of alkyl carbamates (subject to hydrolysis) is 1. The fraction of sp³-hybridized carbons (Fsp3) is 0.381. The molecule has 0 saturated heterocycles. The fourth-order valence-electron chi connectivity index (χ4n) is 2.94. The van der Waals surface area contributed by atoms with Crippen LogP contribution < -0.4 is 11.1 Å². The molecule has 0 radical (unpaired) electrons. The van der Waals surface area contributed by atoms with Crippen LogP contribution in [0.25, 0.3) is 0 Å². The first-order valence-corrected chi connectivity index (χ1v) is 8.70. The van der Waals surface area contributed by atoms with Crippen molar-refractivity contribution in [1.29, 1.82) is 0 Å². The lowest BCUT2D eigenvalue weighted by atomic mass is 9.83. The van der Waals surface area contributed by atoms with Crippen LogP contribution in [0.5, 0.6) is 0 Å². The summed E-state index contributed by atoms with van der Waals surface area (Å²) in [6.45, 7) is 6.06. The summed E-state index contributed by atoms with van der Waals surface area (Å²) in [7, 11) is 0. The molecule has 25 heavy (non-hydrogen) atoms. The van der Waals surface area contributed by atoms with Crippen molar-refractivity contribution < 1.29 is 9.53 Å². The van der Waals surface area contributed by atoms with Gasteiger partial charge in [0.05, 0.1) is 0 Å². The Morgan fingerprint density at radius 3 is 1.88 bits per heavy atom. The summed E-state index contributed by atoms with van der Waals surface area (Å²) >= 11 is 0. The van der Waals surface area contributed by atoms with Crippen LogP contribution in [0.15, 0.2) is 60.7 Å². The molecule has 0 aromatic heterocycles. The Morgan fingerprint density at radius 2 is 1.48 bits per heavy atom. The molecule has 0 unspecified atom stereocenters. The summed E-state index contributed by atoms with van der Waals surface area (Å²) in [4.78, 5) is 12.3. The van der Waals surface area contributed by atoms with Gasteiger partial charge >= 0.3 is 6.09 Å². The van der Waals surface area contributed by atoms with Crippen molar-refractivity contribution in [1.82, 2.24) is 5.32 Å². The predicted octanol–water partition coefficient (Wildman–Crippen LogP) is 4.06. The number of amides is 1. The van der Waals surface area contributed by atoms with Gasteiger partial charge in [0.1, 0.15) is 5.60 Å². The van der Waals surface area contributed by atoms with Crippen molar-refractivity contribution in [3.63, 3.8) is 0 Å². The number of nitrogens with one attached hydrogen (secondary N) is 1. The quantitative estimate of drug-likeness (QED) is 0.833. The SMILES string of the molecule is CC(C)(C)OC(=O)N[C@@H](CCN)C(c1ccccc1)c1ccccc1. The van der Waals surface area contributed by atoms with Crippen LogP contribution in [0.4, 0.5) is 4.79 Å². The van der Waals surface area contributed by atoms with Gasteiger partial charge in [0.2, 0.25) is 0 Å². The lowest BCUT2D eigenvalue weighted by Gasteiger charge is -2.30. The highest BCUT2D eigenvalue weighted by atomic mass is 16.6. The molecule has 3 N–H and O–H groups in total. The van der Waals surface area contributed by atoms with E-state index in [0.717, 1.165) is 11.1 Å². The van der Waals surface area contributed by atoms with Gasteiger partial charge in [-0.3, -0.25) is 0 Å². The molecule has 134 valence electrons. The van der Waals surface area contributed by atoms with Gasteiger partial charge in [0, 0.05) is 12.0 Å². The van der Waals surface area contributed by atoms with Crippen LogP contribution >= 0.6 is 0 Å². The molecule has 2 rings (SSSR count). The number of nitrogens with two attached hydrogens (primary N) is 1. The third-order valence-electron chi connectivity index (χ3n) is 3.90. The number of hydrogen-bond acceptors (Lipinski definition) is 3. The van der Waals surface area contributed by atoms with E-state index in [1.165, 1.54) is 0 Å². The van der Waals surface area contributed by atoms with E-state index < -0.39 is 11.7 Å². The summed E-state index contributed by atoms with van der Waals surface area (Å²) in [6.07, 6.45) is 0.246. The first-order chi connectivity index (χ1) is 11.9. The second-order valence-corrected chi connectivity index (χ2v) is 7.13. The lowest BCUT2D eigenvalue weighted by Crippen LogP contribution is -2.43. The normalized spacial score (nSPS) is 12.7. The summed E-state index contributed by atoms with van der Waals surface area (Å²) in [5.41, 5.74) is 7.58. The first-order valence-electron chi connectivity index (χ1n) is 8.70. The van der Waals surface area contributed by atoms with Crippen molar-refractivity contribution in [3.05, 3.63) is 71.8 Å². The van der Waals surface area contributed by atoms with Gasteiger partial charge in [-0.1, -0.05) is 60.7 Å². The van der Waals surface area contributed by atoms with Gasteiger partial charge in [0.15, 0.2) is 0 Å². The Kier molecular flexibility index (Phi) is 6.59. The van der Waals surface area contributed by atoms with E-state index in [4.69, 9.17) is 10.5 Å². The molecule has 0 bridgehead atoms. The number of ether oxygens (including phenoxy) is 1. The molecule has 4 nitrogen and oxygen atoms in total. The standard InChI is InChI=1S/C21H28N2O2/c1-21(2,3)25-20(24)23-18(14-15-22)19(16-10-6-4-7-11-16)17-12-8-5-9-13-17/h4-13,18-19H,14-15,22H2,1-3H3,(H,23,24)/t18-/m0/s1. The fourth-order valence-corrected chi connectivity index (χ4v) is 2.94. The van der Waals surface area contributed by atoms with Crippen molar-refractivity contribution in [3.8, 4) is 0 Å². The zero-order valence-corrected chi connectivity index (χ0v) is 15.2. The molecule has 2 aromatic carbocycles. The van der Waals surface area contributed by atoms with Crippen molar-refractivity contribution in [2.24, 2.45) is 5.73 Å². The molecule has 0 fully saturated rings. The second-order valence-electron chi connectivity index (χ2n) is 7.13. The molecular formula is C21H28N2O2. The van der Waals surface area contributed by atoms with Crippen LogP contribution in [-0.2, 0) is 4.74 Å². The Labute approximate surface area is 150 Å². The number of carbonyl (C=O) groups excluding carboxylic acids is 1. The first kappa shape index (κ1) is 19.0. The monoisotopic (exact) mass is 340 g/mol. The minimum Gasteiger partial charge on any atom is -0.444 e. The Morgan fingerprint density at radius 1 is 1.00 bits per heavy atom. The predicted molar refractivity (Wildman–Crippen MR) is 102 cm³/mol. The average Bonchev–Trinajstić information content (AvgIpc) is 2.55. The van der Waals surface area contributed by atoms with Crippen LogP contribution in [0, 0.1) is 0 Å². The van der Waals surface area contributed by atoms with E-state index in [1.54, 1.807) is 0 Å². The Bertz CT molecular complexity index is 611. The largest absolute Gasteiger partial charge is 0.444 e. The summed E-state index contributed by atoms with van der Waals surface area (Å²) in [6, 6.07) is 20.2. The average molecular weight is 340 g/mol. The minimum absolute atomic E-state index is 0.0125. The molecule has 0 heterocycles. The number of hydrogen-bond donors (Lipinski definition) is 2. The molecule has 0 aliphatic rings. The van der Waals surface area contributed by atoms with Gasteiger partial charge in [-0.15, -0.1) is 0 Å². The number of benzene rings is 2. The summed E-state index contributed by atoms with van der Waals surface area (Å²) in [5, 5.41) is 3.03. The molecule has 2 aromatic rings. The second kappa shape index (κ2) is 8.67. The van der Waals surface area contributed by atoms with Crippen molar-refractivity contribution >= 4 is 6.09 Å². The highest BCUT2D eigenvalue weighted by Gasteiger charge is 2.27. The van der Waals surface area contributed by atoms with E-state index in [-0.39, 0.29) is 12.0 Å². The third kappa shape index (κ3) is 5.91. The smallest absolute Gasteiger partial charge is 0.407 e. The molecule has 0 aliphatic heterocycles. The number of rotatable bonds is 6. The Hall–Kier alpha value is -2.33. The molecule has 1 atom stereocenters. The van der Waals surface area contributed by atoms with E-state index in [2.05, 4.69) is 29.6 Å². The maximum absolute atomic E-state index is 12.3. The molecule has 4 heteroatoms. The maximum Gasteiger partial charge on any atom is 0.407 e. The zero-order valence-electron chi connectivity index (χ0n) is 15.2. The zero-order chi connectivity index (χ0) is 18.3. The van der Waals surface area contributed by atoms with E-state index in [0.29, 0.717) is 13.0 Å². The van der Waals surface area contributed by atoms with Gasteiger partial charge in [-0.2, -0.15) is 0 Å². The Balaban J connectivity index is 2.33. The molecule has 0 spiro atoms. The molecule has 0 saturated carbocycles. The van der Waals surface area contributed by atoms with Gasteiger partial charge in [0.25, 0.3) is 0 Å². The van der Waals surface area contributed by atoms with Crippen LogP contribution in [0.2, 0.25) is 0 Å². The third-order valence-corrected chi connectivity index (χ3v) is 3.90. The van der Waals surface area contributed by atoms with E-state index >= 15 is 0 Å². The van der Waals surface area contributed by atoms with Crippen molar-refractivity contribution in [2.45, 2.75) is 44.8 Å². The van der Waals surface area contributed by atoms with Crippen LogP contribution in [0.1, 0.15) is 44.2 Å². The summed E-state index contributed by atoms with van der Waals surface area (Å²) in [5.74, 6) is 0.0125. The maximum atomic E-state index is 12.3. The van der Waals surface area contributed by atoms with Crippen molar-refractivity contribution in [2.75, 3.05) is 6.54 Å². The molecule has 0 aliphatic carbocycles. The topological polar surface area (TPSA) is 64.3 Å².